The number of aromatic nitrogens is 1. The first-order valence-electron chi connectivity index (χ1n) is 10.5. The summed E-state index contributed by atoms with van der Waals surface area (Å²) in [4.78, 5) is 30.9. The zero-order valence-corrected chi connectivity index (χ0v) is 19.6. The van der Waals surface area contributed by atoms with E-state index in [0.717, 1.165) is 22.5 Å². The van der Waals surface area contributed by atoms with Gasteiger partial charge in [0.1, 0.15) is 16.5 Å². The molecule has 1 aliphatic heterocycles. The number of fused-ring (bicyclic) bond motifs is 1. The van der Waals surface area contributed by atoms with Crippen molar-refractivity contribution in [2.75, 3.05) is 18.4 Å². The summed E-state index contributed by atoms with van der Waals surface area (Å²) in [5, 5.41) is 21.0. The number of hydrogen-bond acceptors (Lipinski definition) is 7. The highest BCUT2D eigenvalue weighted by molar-refractivity contribution is 8.26. The Morgan fingerprint density at radius 2 is 1.84 bits per heavy atom. The fourth-order valence-corrected chi connectivity index (χ4v) is 3.99. The average Bonchev–Trinajstić information content (AvgIpc) is 2.71. The van der Waals surface area contributed by atoms with Gasteiger partial charge in [0.15, 0.2) is 0 Å². The molecule has 8 nitrogen and oxygen atoms in total. The summed E-state index contributed by atoms with van der Waals surface area (Å²) >= 11 is 1.10. The Hall–Kier alpha value is -2.94. The standard InChI is InChI=1S/C23H29N5O3S/c1-14(24)32-20(25)16-5-6-17-13-26-19(12-18(17)11-16)27-21(29)15-7-9-28(10-8-15)22(30)31-23(2,3)4/h5-6,11-13,15,24-25H,7-10H2,1-4H3,(H,26,27,29). The highest BCUT2D eigenvalue weighted by Gasteiger charge is 2.30. The number of amides is 2. The predicted molar refractivity (Wildman–Crippen MR) is 129 cm³/mol. The lowest BCUT2D eigenvalue weighted by Gasteiger charge is -2.32. The minimum absolute atomic E-state index is 0.112. The van der Waals surface area contributed by atoms with E-state index in [9.17, 15) is 9.59 Å². The maximum Gasteiger partial charge on any atom is 0.410 e. The molecule has 1 saturated heterocycles. The van der Waals surface area contributed by atoms with E-state index in [0.29, 0.717) is 47.4 Å². The van der Waals surface area contributed by atoms with Crippen molar-refractivity contribution in [3.05, 3.63) is 36.0 Å². The molecule has 9 heteroatoms. The van der Waals surface area contributed by atoms with Crippen LogP contribution in [0, 0.1) is 16.7 Å². The lowest BCUT2D eigenvalue weighted by molar-refractivity contribution is -0.121. The minimum Gasteiger partial charge on any atom is -0.444 e. The van der Waals surface area contributed by atoms with Crippen molar-refractivity contribution in [1.29, 1.82) is 10.8 Å². The Morgan fingerprint density at radius 1 is 1.16 bits per heavy atom. The van der Waals surface area contributed by atoms with Crippen molar-refractivity contribution >= 4 is 50.4 Å². The van der Waals surface area contributed by atoms with Crippen molar-refractivity contribution in [1.82, 2.24) is 9.88 Å². The monoisotopic (exact) mass is 455 g/mol. The fraction of sp³-hybridized carbons (Fsp3) is 0.435. The van der Waals surface area contributed by atoms with Crippen LogP contribution >= 0.6 is 11.8 Å². The Bertz CT molecular complexity index is 1060. The third-order valence-electron chi connectivity index (χ3n) is 5.01. The van der Waals surface area contributed by atoms with Crippen molar-refractivity contribution in [3.8, 4) is 0 Å². The lowest BCUT2D eigenvalue weighted by Crippen LogP contribution is -2.43. The average molecular weight is 456 g/mol. The van der Waals surface area contributed by atoms with Gasteiger partial charge in [-0.1, -0.05) is 23.9 Å². The summed E-state index contributed by atoms with van der Waals surface area (Å²) in [5.74, 6) is 0.147. The number of likely N-dealkylation sites (tertiary alicyclic amines) is 1. The van der Waals surface area contributed by atoms with Crippen molar-refractivity contribution in [3.63, 3.8) is 0 Å². The zero-order valence-electron chi connectivity index (χ0n) is 18.8. The number of carbonyl (C=O) groups excluding carboxylic acids is 2. The summed E-state index contributed by atoms with van der Waals surface area (Å²) < 4.78 is 5.41. The van der Waals surface area contributed by atoms with Gasteiger partial charge >= 0.3 is 6.09 Å². The molecule has 3 rings (SSSR count). The Labute approximate surface area is 192 Å². The molecule has 1 aromatic carbocycles. The topological polar surface area (TPSA) is 119 Å². The van der Waals surface area contributed by atoms with Crippen LogP contribution in [0.4, 0.5) is 10.6 Å². The summed E-state index contributed by atoms with van der Waals surface area (Å²) in [7, 11) is 0. The maximum atomic E-state index is 12.8. The molecule has 1 aliphatic rings. The number of anilines is 1. The van der Waals surface area contributed by atoms with Crippen LogP contribution in [0.5, 0.6) is 0 Å². The van der Waals surface area contributed by atoms with Crippen molar-refractivity contribution in [2.24, 2.45) is 5.92 Å². The second-order valence-electron chi connectivity index (χ2n) is 8.85. The van der Waals surface area contributed by atoms with E-state index in [4.69, 9.17) is 15.6 Å². The smallest absolute Gasteiger partial charge is 0.410 e. The minimum atomic E-state index is -0.539. The number of hydrogen-bond donors (Lipinski definition) is 3. The molecule has 170 valence electrons. The molecular weight excluding hydrogens is 426 g/mol. The van der Waals surface area contributed by atoms with Crippen LogP contribution in [0.15, 0.2) is 30.5 Å². The molecule has 0 bridgehead atoms. The summed E-state index contributed by atoms with van der Waals surface area (Å²) in [6.45, 7) is 8.11. The SMILES string of the molecule is CC(=N)SC(=N)c1ccc2cnc(NC(=O)C3CCN(C(=O)OC(C)(C)C)CC3)cc2c1. The highest BCUT2D eigenvalue weighted by atomic mass is 32.2. The Kier molecular flexibility index (Phi) is 7.18. The van der Waals surface area contributed by atoms with Gasteiger partial charge in [0.05, 0.1) is 5.04 Å². The van der Waals surface area contributed by atoms with Crippen LogP contribution in [0.3, 0.4) is 0 Å². The maximum absolute atomic E-state index is 12.8. The second kappa shape index (κ2) is 9.68. The first kappa shape index (κ1) is 23.7. The molecule has 2 heterocycles. The highest BCUT2D eigenvalue weighted by Crippen LogP contribution is 2.24. The van der Waals surface area contributed by atoms with Gasteiger partial charge in [-0.25, -0.2) is 9.78 Å². The van der Waals surface area contributed by atoms with Gasteiger partial charge in [-0.05, 0) is 58.1 Å². The van der Waals surface area contributed by atoms with E-state index in [1.807, 2.05) is 39.0 Å². The third-order valence-corrected chi connectivity index (χ3v) is 5.75. The number of nitrogens with zero attached hydrogens (tertiary/aromatic N) is 2. The number of carbonyl (C=O) groups is 2. The van der Waals surface area contributed by atoms with Crippen LogP contribution in [0.1, 0.15) is 46.1 Å². The quantitative estimate of drug-likeness (QED) is 0.450. The second-order valence-corrected chi connectivity index (χ2v) is 10.1. The lowest BCUT2D eigenvalue weighted by atomic mass is 9.96. The van der Waals surface area contributed by atoms with E-state index >= 15 is 0 Å². The van der Waals surface area contributed by atoms with E-state index in [-0.39, 0.29) is 17.9 Å². The van der Waals surface area contributed by atoms with E-state index in [2.05, 4.69) is 10.3 Å². The predicted octanol–water partition coefficient (Wildman–Crippen LogP) is 4.88. The van der Waals surface area contributed by atoms with Crippen LogP contribution in [0.2, 0.25) is 0 Å². The van der Waals surface area contributed by atoms with Gasteiger partial charge in [-0.2, -0.15) is 0 Å². The molecule has 2 aromatic rings. The van der Waals surface area contributed by atoms with Gasteiger partial charge in [0.25, 0.3) is 0 Å². The number of piperidine rings is 1. The van der Waals surface area contributed by atoms with Gasteiger partial charge in [0.2, 0.25) is 5.91 Å². The van der Waals surface area contributed by atoms with Gasteiger partial charge in [-0.15, -0.1) is 0 Å². The molecular formula is C23H29N5O3S. The zero-order chi connectivity index (χ0) is 23.5. The summed E-state index contributed by atoms with van der Waals surface area (Å²) in [6, 6.07) is 7.37. The third kappa shape index (κ3) is 6.29. The van der Waals surface area contributed by atoms with Crippen LogP contribution in [-0.2, 0) is 9.53 Å². The Morgan fingerprint density at radius 3 is 2.47 bits per heavy atom. The summed E-state index contributed by atoms with van der Waals surface area (Å²) in [6.07, 6.45) is 2.49. The number of pyridine rings is 1. The molecule has 1 aromatic heterocycles. The van der Waals surface area contributed by atoms with Crippen molar-refractivity contribution < 1.29 is 14.3 Å². The number of nitrogens with one attached hydrogen (secondary N) is 3. The van der Waals surface area contributed by atoms with Gasteiger partial charge in [0, 0.05) is 36.2 Å². The molecule has 0 unspecified atom stereocenters. The van der Waals surface area contributed by atoms with E-state index in [1.165, 1.54) is 0 Å². The van der Waals surface area contributed by atoms with Gasteiger partial charge in [-0.3, -0.25) is 15.6 Å². The molecule has 0 atom stereocenters. The molecule has 0 saturated carbocycles. The summed E-state index contributed by atoms with van der Waals surface area (Å²) in [5.41, 5.74) is 0.176. The molecule has 1 fully saturated rings. The van der Waals surface area contributed by atoms with Crippen LogP contribution in [-0.4, -0.2) is 50.7 Å². The molecule has 0 aliphatic carbocycles. The number of rotatable bonds is 3. The number of benzene rings is 1. The van der Waals surface area contributed by atoms with Crippen LogP contribution in [0.25, 0.3) is 10.8 Å². The molecule has 2 amide bonds. The number of thioether (sulfide) groups is 1. The Balaban J connectivity index is 1.62. The van der Waals surface area contributed by atoms with E-state index in [1.54, 1.807) is 24.1 Å². The molecule has 3 N–H and O–H groups in total. The number of ether oxygens (including phenoxy) is 1. The van der Waals surface area contributed by atoms with Gasteiger partial charge < -0.3 is 15.0 Å². The van der Waals surface area contributed by atoms with Crippen LogP contribution < -0.4 is 5.32 Å². The first-order valence-corrected chi connectivity index (χ1v) is 11.3. The molecule has 0 radical (unpaired) electrons. The largest absolute Gasteiger partial charge is 0.444 e. The molecule has 0 spiro atoms. The van der Waals surface area contributed by atoms with Crippen molar-refractivity contribution in [2.45, 2.75) is 46.1 Å². The molecule has 32 heavy (non-hydrogen) atoms. The fourth-order valence-electron chi connectivity index (χ4n) is 3.44. The first-order chi connectivity index (χ1) is 15.0. The normalized spacial score (nSPS) is 14.8. The van der Waals surface area contributed by atoms with E-state index < -0.39 is 5.60 Å².